The highest BCUT2D eigenvalue weighted by molar-refractivity contribution is 5.78. The number of hydrogen-bond acceptors (Lipinski definition) is 2. The lowest BCUT2D eigenvalue weighted by Crippen LogP contribution is -2.04. The van der Waals surface area contributed by atoms with Crippen LogP contribution in [0.2, 0.25) is 0 Å². The third kappa shape index (κ3) is 4.63. The van der Waals surface area contributed by atoms with Gasteiger partial charge in [0.2, 0.25) is 0 Å². The normalized spacial score (nSPS) is 12.1. The summed E-state index contributed by atoms with van der Waals surface area (Å²) in [4.78, 5) is 11.8. The van der Waals surface area contributed by atoms with E-state index in [2.05, 4.69) is 0 Å². The minimum atomic E-state index is -0.545. The summed E-state index contributed by atoms with van der Waals surface area (Å²) in [5.74, 6) is 0.212. The van der Waals surface area contributed by atoms with E-state index in [1.165, 1.54) is 5.56 Å². The van der Waals surface area contributed by atoms with Gasteiger partial charge in [0.25, 0.3) is 0 Å². The first-order valence-corrected chi connectivity index (χ1v) is 7.04. The van der Waals surface area contributed by atoms with Crippen molar-refractivity contribution in [3.63, 3.8) is 0 Å². The van der Waals surface area contributed by atoms with Gasteiger partial charge in [-0.05, 0) is 24.0 Å². The summed E-state index contributed by atoms with van der Waals surface area (Å²) >= 11 is 0. The number of aliphatic hydroxyl groups is 1. The first kappa shape index (κ1) is 14.5. The fraction of sp³-hybridized carbons (Fsp3) is 0.278. The van der Waals surface area contributed by atoms with Crippen LogP contribution < -0.4 is 0 Å². The molecule has 0 aromatic heterocycles. The van der Waals surface area contributed by atoms with Gasteiger partial charge in [-0.15, -0.1) is 0 Å². The van der Waals surface area contributed by atoms with E-state index in [-0.39, 0.29) is 5.78 Å². The second-order valence-corrected chi connectivity index (χ2v) is 4.99. The molecule has 1 atom stereocenters. The van der Waals surface area contributed by atoms with E-state index < -0.39 is 6.10 Å². The van der Waals surface area contributed by atoms with Crippen LogP contribution in [0.5, 0.6) is 0 Å². The van der Waals surface area contributed by atoms with E-state index in [0.717, 1.165) is 12.0 Å². The average Bonchev–Trinajstić information content (AvgIpc) is 2.52. The Balaban J connectivity index is 1.73. The van der Waals surface area contributed by atoms with Crippen molar-refractivity contribution in [2.24, 2.45) is 0 Å². The van der Waals surface area contributed by atoms with Crippen LogP contribution in [0.3, 0.4) is 0 Å². The van der Waals surface area contributed by atoms with Gasteiger partial charge in [0.05, 0.1) is 6.10 Å². The van der Waals surface area contributed by atoms with Crippen LogP contribution in [0.1, 0.15) is 36.5 Å². The molecule has 0 saturated heterocycles. The van der Waals surface area contributed by atoms with Crippen LogP contribution in [-0.4, -0.2) is 10.9 Å². The van der Waals surface area contributed by atoms with E-state index in [0.29, 0.717) is 19.3 Å². The summed E-state index contributed by atoms with van der Waals surface area (Å²) < 4.78 is 0. The predicted molar refractivity (Wildman–Crippen MR) is 80.4 cm³/mol. The first-order valence-electron chi connectivity index (χ1n) is 7.04. The zero-order valence-corrected chi connectivity index (χ0v) is 11.5. The third-order valence-corrected chi connectivity index (χ3v) is 3.42. The molecule has 0 heterocycles. The van der Waals surface area contributed by atoms with Crippen LogP contribution in [0.25, 0.3) is 0 Å². The monoisotopic (exact) mass is 268 g/mol. The zero-order chi connectivity index (χ0) is 14.2. The van der Waals surface area contributed by atoms with Crippen LogP contribution in [0, 0.1) is 0 Å². The largest absolute Gasteiger partial charge is 0.388 e. The number of carbonyl (C=O) groups excluding carboxylic acids is 1. The van der Waals surface area contributed by atoms with Gasteiger partial charge in [-0.25, -0.2) is 0 Å². The van der Waals surface area contributed by atoms with Crippen molar-refractivity contribution >= 4 is 5.78 Å². The highest BCUT2D eigenvalue weighted by atomic mass is 16.3. The Hall–Kier alpha value is -1.93. The Morgan fingerprint density at radius 3 is 2.15 bits per heavy atom. The Bertz CT molecular complexity index is 520. The molecule has 0 spiro atoms. The van der Waals surface area contributed by atoms with Crippen molar-refractivity contribution in [3.8, 4) is 0 Å². The van der Waals surface area contributed by atoms with E-state index in [1.54, 1.807) is 0 Å². The average molecular weight is 268 g/mol. The maximum atomic E-state index is 11.8. The van der Waals surface area contributed by atoms with Crippen LogP contribution in [0.15, 0.2) is 60.7 Å². The number of aliphatic hydroxyl groups excluding tert-OH is 1. The lowest BCUT2D eigenvalue weighted by Gasteiger charge is -2.10. The maximum Gasteiger partial charge on any atom is 0.133 e. The van der Waals surface area contributed by atoms with Gasteiger partial charge in [0.1, 0.15) is 5.78 Å². The Morgan fingerprint density at radius 1 is 0.900 bits per heavy atom. The molecule has 104 valence electrons. The van der Waals surface area contributed by atoms with Gasteiger partial charge in [0, 0.05) is 12.8 Å². The molecule has 1 N–H and O–H groups in total. The molecule has 0 aliphatic carbocycles. The van der Waals surface area contributed by atoms with Gasteiger partial charge in [-0.1, -0.05) is 60.7 Å². The van der Waals surface area contributed by atoms with Crippen molar-refractivity contribution in [1.82, 2.24) is 0 Å². The van der Waals surface area contributed by atoms with Gasteiger partial charge in [-0.3, -0.25) is 4.79 Å². The van der Waals surface area contributed by atoms with E-state index in [1.807, 2.05) is 60.7 Å². The van der Waals surface area contributed by atoms with Crippen molar-refractivity contribution in [3.05, 3.63) is 71.8 Å². The number of hydrogen-bond donors (Lipinski definition) is 1. The van der Waals surface area contributed by atoms with Gasteiger partial charge in [0.15, 0.2) is 0 Å². The molecule has 0 fully saturated rings. The van der Waals surface area contributed by atoms with Crippen LogP contribution >= 0.6 is 0 Å². The molecule has 2 heteroatoms. The molecule has 20 heavy (non-hydrogen) atoms. The number of benzene rings is 2. The number of ketones is 1. The summed E-state index contributed by atoms with van der Waals surface area (Å²) in [6.07, 6.45) is 1.71. The van der Waals surface area contributed by atoms with Gasteiger partial charge < -0.3 is 5.11 Å². The number of rotatable bonds is 7. The minimum Gasteiger partial charge on any atom is -0.388 e. The molecule has 2 nitrogen and oxygen atoms in total. The number of Topliss-reactive ketones (excluding diaryl/α,β-unsaturated/α-hetero) is 1. The standard InChI is InChI=1S/C18H20O2/c19-17(12-11-15-7-3-1-4-8-15)13-14-18(20)16-9-5-2-6-10-16/h1-10,18,20H,11-14H2. The minimum absolute atomic E-state index is 0.212. The van der Waals surface area contributed by atoms with E-state index >= 15 is 0 Å². The Kier molecular flexibility index (Phi) is 5.51. The molecule has 0 radical (unpaired) electrons. The highest BCUT2D eigenvalue weighted by Crippen LogP contribution is 2.18. The molecule has 2 aromatic rings. The van der Waals surface area contributed by atoms with Gasteiger partial charge >= 0.3 is 0 Å². The third-order valence-electron chi connectivity index (χ3n) is 3.42. The Morgan fingerprint density at radius 2 is 1.50 bits per heavy atom. The maximum absolute atomic E-state index is 11.8. The first-order chi connectivity index (χ1) is 9.75. The van der Waals surface area contributed by atoms with Crippen molar-refractivity contribution in [1.29, 1.82) is 0 Å². The summed E-state index contributed by atoms with van der Waals surface area (Å²) in [7, 11) is 0. The molecule has 2 aromatic carbocycles. The van der Waals surface area contributed by atoms with Crippen LogP contribution in [-0.2, 0) is 11.2 Å². The quantitative estimate of drug-likeness (QED) is 0.831. The molecule has 0 saturated carbocycles. The van der Waals surface area contributed by atoms with Gasteiger partial charge in [-0.2, -0.15) is 0 Å². The molecule has 0 amide bonds. The SMILES string of the molecule is O=C(CCc1ccccc1)CCC(O)c1ccccc1. The molecular weight excluding hydrogens is 248 g/mol. The molecule has 2 rings (SSSR count). The molecule has 0 aliphatic heterocycles. The molecular formula is C18H20O2. The lowest BCUT2D eigenvalue weighted by molar-refractivity contribution is -0.119. The fourth-order valence-corrected chi connectivity index (χ4v) is 2.19. The topological polar surface area (TPSA) is 37.3 Å². The van der Waals surface area contributed by atoms with E-state index in [4.69, 9.17) is 0 Å². The summed E-state index contributed by atoms with van der Waals surface area (Å²) in [6, 6.07) is 19.5. The van der Waals surface area contributed by atoms with Crippen LogP contribution in [0.4, 0.5) is 0 Å². The second-order valence-electron chi connectivity index (χ2n) is 4.99. The number of carbonyl (C=O) groups is 1. The van der Waals surface area contributed by atoms with E-state index in [9.17, 15) is 9.90 Å². The summed E-state index contributed by atoms with van der Waals surface area (Å²) in [6.45, 7) is 0. The molecule has 0 aliphatic rings. The zero-order valence-electron chi connectivity index (χ0n) is 11.5. The van der Waals surface area contributed by atoms with Crippen molar-refractivity contribution in [2.75, 3.05) is 0 Å². The summed E-state index contributed by atoms with van der Waals surface area (Å²) in [5, 5.41) is 10.0. The Labute approximate surface area is 120 Å². The molecule has 0 bridgehead atoms. The summed E-state index contributed by atoms with van der Waals surface area (Å²) in [5.41, 5.74) is 2.06. The highest BCUT2D eigenvalue weighted by Gasteiger charge is 2.10. The fourth-order valence-electron chi connectivity index (χ4n) is 2.19. The predicted octanol–water partition coefficient (Wildman–Crippen LogP) is 3.70. The lowest BCUT2D eigenvalue weighted by atomic mass is 10.0. The smallest absolute Gasteiger partial charge is 0.133 e. The van der Waals surface area contributed by atoms with Crippen molar-refractivity contribution < 1.29 is 9.90 Å². The second kappa shape index (κ2) is 7.61. The van der Waals surface area contributed by atoms with Crippen molar-refractivity contribution in [2.45, 2.75) is 31.8 Å². The molecule has 1 unspecified atom stereocenters. The number of aryl methyl sites for hydroxylation is 1.